The van der Waals surface area contributed by atoms with Crippen LogP contribution >= 0.6 is 0 Å². The normalized spacial score (nSPS) is 17.4. The van der Waals surface area contributed by atoms with E-state index in [-0.39, 0.29) is 17.9 Å². The summed E-state index contributed by atoms with van der Waals surface area (Å²) in [5.41, 5.74) is 1.65. The molecule has 30 heavy (non-hydrogen) atoms. The lowest BCUT2D eigenvalue weighted by molar-refractivity contribution is -0.123. The van der Waals surface area contributed by atoms with Gasteiger partial charge in [-0.2, -0.15) is 4.39 Å². The van der Waals surface area contributed by atoms with Gasteiger partial charge in [-0.25, -0.2) is 4.98 Å². The van der Waals surface area contributed by atoms with E-state index in [1.165, 1.54) is 25.1 Å². The number of nitrogens with zero attached hydrogens (tertiary/aromatic N) is 1. The molecule has 2 aromatic rings. The van der Waals surface area contributed by atoms with Crippen molar-refractivity contribution < 1.29 is 14.0 Å². The molecule has 0 radical (unpaired) electrons. The number of halogens is 1. The van der Waals surface area contributed by atoms with E-state index in [4.69, 9.17) is 0 Å². The Morgan fingerprint density at radius 2 is 1.83 bits per heavy atom. The van der Waals surface area contributed by atoms with Crippen molar-refractivity contribution in [2.24, 2.45) is 5.92 Å². The van der Waals surface area contributed by atoms with Gasteiger partial charge in [0.2, 0.25) is 11.9 Å². The smallest absolute Gasteiger partial charge is 0.252 e. The lowest BCUT2D eigenvalue weighted by Gasteiger charge is -2.21. The van der Waals surface area contributed by atoms with Gasteiger partial charge >= 0.3 is 0 Å². The number of amides is 2. The van der Waals surface area contributed by atoms with Crippen molar-refractivity contribution in [1.82, 2.24) is 15.6 Å². The van der Waals surface area contributed by atoms with Gasteiger partial charge in [-0.05, 0) is 49.4 Å². The predicted octanol–water partition coefficient (Wildman–Crippen LogP) is 3.92. The summed E-state index contributed by atoms with van der Waals surface area (Å²) >= 11 is 0. The summed E-state index contributed by atoms with van der Waals surface area (Å²) in [6, 6.07) is 9.62. The summed E-state index contributed by atoms with van der Waals surface area (Å²) < 4.78 is 13.3. The Kier molecular flexibility index (Phi) is 6.26. The first-order valence-corrected chi connectivity index (χ1v) is 10.7. The Morgan fingerprint density at radius 3 is 2.57 bits per heavy atom. The van der Waals surface area contributed by atoms with Crippen LogP contribution in [0.4, 0.5) is 15.8 Å². The average Bonchev–Trinajstić information content (AvgIpc) is 3.39. The molecule has 0 bridgehead atoms. The van der Waals surface area contributed by atoms with Crippen LogP contribution in [0.3, 0.4) is 0 Å². The molecule has 0 aliphatic heterocycles. The molecule has 1 aromatic heterocycles. The first-order valence-electron chi connectivity index (χ1n) is 10.7. The molecule has 2 amide bonds. The Hall–Kier alpha value is -2.96. The fraction of sp³-hybridized carbons (Fsp3) is 0.435. The maximum absolute atomic E-state index is 13.3. The molecule has 4 rings (SSSR count). The van der Waals surface area contributed by atoms with Crippen molar-refractivity contribution >= 4 is 23.2 Å². The summed E-state index contributed by atoms with van der Waals surface area (Å²) in [5, 5.41) is 9.04. The van der Waals surface area contributed by atoms with E-state index in [0.29, 0.717) is 29.3 Å². The summed E-state index contributed by atoms with van der Waals surface area (Å²) in [6.07, 6.45) is 8.70. The van der Waals surface area contributed by atoms with Gasteiger partial charge in [0.05, 0.1) is 0 Å². The van der Waals surface area contributed by atoms with Gasteiger partial charge in [-0.3, -0.25) is 9.59 Å². The minimum absolute atomic E-state index is 0.0840. The van der Waals surface area contributed by atoms with Crippen LogP contribution in [0.25, 0.3) is 0 Å². The Labute approximate surface area is 175 Å². The zero-order chi connectivity index (χ0) is 20.9. The van der Waals surface area contributed by atoms with Gasteiger partial charge in [-0.1, -0.05) is 31.7 Å². The van der Waals surface area contributed by atoms with Crippen molar-refractivity contribution in [3.63, 3.8) is 0 Å². The topological polar surface area (TPSA) is 83.1 Å². The number of carbonyl (C=O) groups excluding carboxylic acids is 2. The second kappa shape index (κ2) is 9.24. The van der Waals surface area contributed by atoms with Crippen molar-refractivity contribution in [3.05, 3.63) is 54.1 Å². The maximum Gasteiger partial charge on any atom is 0.252 e. The van der Waals surface area contributed by atoms with Gasteiger partial charge in [0.1, 0.15) is 6.04 Å². The van der Waals surface area contributed by atoms with E-state index >= 15 is 0 Å². The molecule has 2 fully saturated rings. The molecule has 2 aliphatic carbocycles. The quantitative estimate of drug-likeness (QED) is 0.576. The van der Waals surface area contributed by atoms with Crippen molar-refractivity contribution in [2.45, 2.75) is 57.0 Å². The molecule has 0 spiro atoms. The number of anilines is 2. The number of aromatic nitrogens is 1. The van der Waals surface area contributed by atoms with Crippen molar-refractivity contribution in [3.8, 4) is 0 Å². The Morgan fingerprint density at radius 1 is 1.07 bits per heavy atom. The van der Waals surface area contributed by atoms with Crippen LogP contribution in [0.15, 0.2) is 42.6 Å². The number of nitrogens with one attached hydrogen (secondary N) is 3. The van der Waals surface area contributed by atoms with Crippen LogP contribution in [0.1, 0.15) is 55.3 Å². The minimum Gasteiger partial charge on any atom is -0.355 e. The SMILES string of the molecule is O=C(N[C@@H](CC1CCCC1)C(=O)NC1CC1)c1cccc(Nc2ccnc(F)c2)c1. The van der Waals surface area contributed by atoms with Crippen molar-refractivity contribution in [1.29, 1.82) is 0 Å². The molecule has 1 atom stereocenters. The maximum atomic E-state index is 13.3. The third kappa shape index (κ3) is 5.55. The first-order chi connectivity index (χ1) is 14.6. The summed E-state index contributed by atoms with van der Waals surface area (Å²) in [5.74, 6) is -0.465. The monoisotopic (exact) mass is 410 g/mol. The molecular weight excluding hydrogens is 383 g/mol. The molecule has 6 nitrogen and oxygen atoms in total. The fourth-order valence-electron chi connectivity index (χ4n) is 3.97. The fourth-order valence-corrected chi connectivity index (χ4v) is 3.97. The lowest BCUT2D eigenvalue weighted by atomic mass is 9.97. The third-order valence-electron chi connectivity index (χ3n) is 5.73. The van der Waals surface area contributed by atoms with Crippen LogP contribution < -0.4 is 16.0 Å². The molecule has 1 heterocycles. The van der Waals surface area contributed by atoms with Crippen LogP contribution in [-0.4, -0.2) is 28.9 Å². The van der Waals surface area contributed by atoms with Crippen LogP contribution in [-0.2, 0) is 4.79 Å². The minimum atomic E-state index is -0.578. The molecule has 2 saturated carbocycles. The van der Waals surface area contributed by atoms with Crippen LogP contribution in [0, 0.1) is 11.9 Å². The highest BCUT2D eigenvalue weighted by molar-refractivity contribution is 5.98. The van der Waals surface area contributed by atoms with Gasteiger partial charge < -0.3 is 16.0 Å². The highest BCUT2D eigenvalue weighted by atomic mass is 19.1. The van der Waals surface area contributed by atoms with E-state index < -0.39 is 12.0 Å². The Balaban J connectivity index is 1.43. The van der Waals surface area contributed by atoms with Crippen molar-refractivity contribution in [2.75, 3.05) is 5.32 Å². The first kappa shape index (κ1) is 20.3. The van der Waals surface area contributed by atoms with Gasteiger partial charge in [0, 0.05) is 35.2 Å². The second-order valence-electron chi connectivity index (χ2n) is 8.27. The Bertz CT molecular complexity index is 910. The average molecular weight is 410 g/mol. The second-order valence-corrected chi connectivity index (χ2v) is 8.27. The van der Waals surface area contributed by atoms with Gasteiger partial charge in [0.15, 0.2) is 0 Å². The molecule has 3 N–H and O–H groups in total. The van der Waals surface area contributed by atoms with Crippen LogP contribution in [0.2, 0.25) is 0 Å². The highest BCUT2D eigenvalue weighted by Gasteiger charge is 2.31. The zero-order valence-corrected chi connectivity index (χ0v) is 16.9. The molecule has 0 unspecified atom stereocenters. The summed E-state index contributed by atoms with van der Waals surface area (Å²) in [6.45, 7) is 0. The molecule has 158 valence electrons. The van der Waals surface area contributed by atoms with E-state index in [9.17, 15) is 14.0 Å². The summed E-state index contributed by atoms with van der Waals surface area (Å²) in [7, 11) is 0. The van der Waals surface area contributed by atoms with E-state index in [2.05, 4.69) is 20.9 Å². The molecule has 0 saturated heterocycles. The number of carbonyl (C=O) groups is 2. The number of hydrogen-bond acceptors (Lipinski definition) is 4. The number of pyridine rings is 1. The van der Waals surface area contributed by atoms with Gasteiger partial charge in [-0.15, -0.1) is 0 Å². The van der Waals surface area contributed by atoms with Crippen LogP contribution in [0.5, 0.6) is 0 Å². The van der Waals surface area contributed by atoms with E-state index in [1.807, 2.05) is 0 Å². The lowest BCUT2D eigenvalue weighted by Crippen LogP contribution is -2.48. The standard InChI is InChI=1S/C23H27FN4O2/c24-21-14-19(10-11-25-21)26-18-7-3-6-16(13-18)22(29)28-20(12-15-4-1-2-5-15)23(30)27-17-8-9-17/h3,6-7,10-11,13-15,17,20H,1-2,4-5,8-9,12H2,(H,25,26)(H,27,30)(H,28,29)/t20-/m0/s1. The molecule has 1 aromatic carbocycles. The van der Waals surface area contributed by atoms with E-state index in [1.54, 1.807) is 30.3 Å². The van der Waals surface area contributed by atoms with E-state index in [0.717, 1.165) is 25.7 Å². The molecule has 2 aliphatic rings. The largest absolute Gasteiger partial charge is 0.355 e. The number of hydrogen-bond donors (Lipinski definition) is 3. The van der Waals surface area contributed by atoms with Gasteiger partial charge in [0.25, 0.3) is 5.91 Å². The zero-order valence-electron chi connectivity index (χ0n) is 16.9. The third-order valence-corrected chi connectivity index (χ3v) is 5.73. The predicted molar refractivity (Wildman–Crippen MR) is 113 cm³/mol. The molecular formula is C23H27FN4O2. The number of rotatable bonds is 8. The highest BCUT2D eigenvalue weighted by Crippen LogP contribution is 2.29. The summed E-state index contributed by atoms with van der Waals surface area (Å²) in [4.78, 5) is 29.1. The molecule has 7 heteroatoms. The number of benzene rings is 1.